The van der Waals surface area contributed by atoms with Crippen LogP contribution in [-0.4, -0.2) is 45.5 Å². The number of piperidine rings is 1. The van der Waals surface area contributed by atoms with Gasteiger partial charge in [0.05, 0.1) is 0 Å². The van der Waals surface area contributed by atoms with Gasteiger partial charge in [0.2, 0.25) is 0 Å². The third kappa shape index (κ3) is 1.92. The lowest BCUT2D eigenvalue weighted by atomic mass is 9.98. The highest BCUT2D eigenvalue weighted by molar-refractivity contribution is 5.90. The van der Waals surface area contributed by atoms with Gasteiger partial charge in [0.25, 0.3) is 5.91 Å². The number of nitrogens with one attached hydrogen (secondary N) is 1. The summed E-state index contributed by atoms with van der Waals surface area (Å²) in [5, 5.41) is 3.60. The number of aromatic nitrogens is 2. The zero-order valence-electron chi connectivity index (χ0n) is 11.0. The van der Waals surface area contributed by atoms with Crippen molar-refractivity contribution in [3.8, 4) is 0 Å². The summed E-state index contributed by atoms with van der Waals surface area (Å²) in [6.45, 7) is 0. The first-order valence-electron chi connectivity index (χ1n) is 6.65. The van der Waals surface area contributed by atoms with Gasteiger partial charge in [0.1, 0.15) is 0 Å². The molecule has 2 unspecified atom stereocenters. The molecule has 0 aliphatic carbocycles. The maximum Gasteiger partial charge on any atom is 0.289 e. The van der Waals surface area contributed by atoms with Gasteiger partial charge in [0.15, 0.2) is 5.82 Å². The first-order valence-corrected chi connectivity index (χ1v) is 6.65. The fourth-order valence-corrected chi connectivity index (χ4v) is 3.24. The Kier molecular flexibility index (Phi) is 2.86. The summed E-state index contributed by atoms with van der Waals surface area (Å²) in [6.07, 6.45) is 8.14. The summed E-state index contributed by atoms with van der Waals surface area (Å²) in [6, 6.07) is 1.56. The number of rotatable bonds is 2. The predicted molar refractivity (Wildman–Crippen MR) is 68.3 cm³/mol. The fourth-order valence-electron chi connectivity index (χ4n) is 3.24. The van der Waals surface area contributed by atoms with Crippen LogP contribution in [0.15, 0.2) is 12.4 Å². The largest absolute Gasteiger partial charge is 0.336 e. The topological polar surface area (TPSA) is 50.2 Å². The monoisotopic (exact) mass is 248 g/mol. The maximum absolute atomic E-state index is 12.4. The summed E-state index contributed by atoms with van der Waals surface area (Å²) in [5.41, 5.74) is 0. The van der Waals surface area contributed by atoms with Gasteiger partial charge >= 0.3 is 0 Å². The zero-order valence-corrected chi connectivity index (χ0v) is 11.0. The van der Waals surface area contributed by atoms with Crippen LogP contribution >= 0.6 is 0 Å². The molecule has 2 atom stereocenters. The number of carbonyl (C=O) groups excluding carboxylic acids is 1. The summed E-state index contributed by atoms with van der Waals surface area (Å²) < 4.78 is 1.79. The quantitative estimate of drug-likeness (QED) is 0.841. The van der Waals surface area contributed by atoms with Gasteiger partial charge in [0, 0.05) is 44.6 Å². The number of carbonyl (C=O) groups is 1. The number of hydrogen-bond donors (Lipinski definition) is 1. The first-order chi connectivity index (χ1) is 8.65. The fraction of sp³-hybridized carbons (Fsp3) is 0.692. The van der Waals surface area contributed by atoms with Gasteiger partial charge < -0.3 is 14.8 Å². The van der Waals surface area contributed by atoms with E-state index in [0.717, 1.165) is 12.8 Å². The second-order valence-corrected chi connectivity index (χ2v) is 5.54. The number of imidazole rings is 1. The van der Waals surface area contributed by atoms with Crippen LogP contribution < -0.4 is 5.32 Å². The summed E-state index contributed by atoms with van der Waals surface area (Å²) in [4.78, 5) is 18.4. The van der Waals surface area contributed by atoms with Crippen molar-refractivity contribution in [3.05, 3.63) is 18.2 Å². The van der Waals surface area contributed by atoms with Crippen molar-refractivity contribution in [1.82, 2.24) is 19.8 Å². The molecule has 3 heterocycles. The Labute approximate surface area is 107 Å². The Bertz CT molecular complexity index is 444. The van der Waals surface area contributed by atoms with Gasteiger partial charge in [-0.1, -0.05) is 0 Å². The normalized spacial score (nSPS) is 30.4. The van der Waals surface area contributed by atoms with Crippen LogP contribution in [0.5, 0.6) is 0 Å². The van der Waals surface area contributed by atoms with E-state index in [2.05, 4.69) is 10.3 Å². The van der Waals surface area contributed by atoms with E-state index in [1.165, 1.54) is 12.8 Å². The number of hydrogen-bond acceptors (Lipinski definition) is 3. The molecule has 2 saturated heterocycles. The highest BCUT2D eigenvalue weighted by Gasteiger charge is 2.37. The predicted octanol–water partition coefficient (Wildman–Crippen LogP) is 0.775. The molecule has 5 heteroatoms. The van der Waals surface area contributed by atoms with Gasteiger partial charge in [-0.15, -0.1) is 0 Å². The number of nitrogens with zero attached hydrogens (tertiary/aromatic N) is 3. The van der Waals surface area contributed by atoms with E-state index in [4.69, 9.17) is 0 Å². The molecule has 2 aliphatic heterocycles. The van der Waals surface area contributed by atoms with E-state index in [1.54, 1.807) is 10.8 Å². The van der Waals surface area contributed by atoms with Crippen LogP contribution in [0.2, 0.25) is 0 Å². The van der Waals surface area contributed by atoms with Crippen molar-refractivity contribution in [3.63, 3.8) is 0 Å². The summed E-state index contributed by atoms with van der Waals surface area (Å²) in [5.74, 6) is 0.567. The third-order valence-corrected chi connectivity index (χ3v) is 4.33. The zero-order chi connectivity index (χ0) is 12.7. The minimum atomic E-state index is 0.0359. The Hall–Kier alpha value is -1.36. The van der Waals surface area contributed by atoms with E-state index in [0.29, 0.717) is 23.9 Å². The second kappa shape index (κ2) is 4.39. The molecule has 1 N–H and O–H groups in total. The number of amides is 1. The number of fused-ring (bicyclic) bond motifs is 2. The van der Waals surface area contributed by atoms with Gasteiger partial charge in [-0.05, 0) is 25.7 Å². The van der Waals surface area contributed by atoms with Crippen LogP contribution in [0, 0.1) is 0 Å². The van der Waals surface area contributed by atoms with Crippen molar-refractivity contribution in [1.29, 1.82) is 0 Å². The van der Waals surface area contributed by atoms with Gasteiger partial charge in [-0.3, -0.25) is 4.79 Å². The van der Waals surface area contributed by atoms with Crippen molar-refractivity contribution in [2.24, 2.45) is 7.05 Å². The van der Waals surface area contributed by atoms with E-state index in [-0.39, 0.29) is 5.91 Å². The molecule has 3 rings (SSSR count). The first kappa shape index (κ1) is 11.7. The molecule has 1 amide bonds. The third-order valence-electron chi connectivity index (χ3n) is 4.33. The molecule has 0 spiro atoms. The lowest BCUT2D eigenvalue weighted by Gasteiger charge is -2.35. The molecule has 0 saturated carbocycles. The molecule has 2 fully saturated rings. The standard InChI is InChI=1S/C13H20N4O/c1-16-6-5-14-12(16)13(18)17(2)11-7-9-3-4-10(8-11)15-9/h5-6,9-11,15H,3-4,7-8H2,1-2H3. The second-order valence-electron chi connectivity index (χ2n) is 5.54. The minimum Gasteiger partial charge on any atom is -0.336 e. The van der Waals surface area contributed by atoms with Crippen LogP contribution in [0.25, 0.3) is 0 Å². The molecule has 18 heavy (non-hydrogen) atoms. The van der Waals surface area contributed by atoms with E-state index >= 15 is 0 Å². The Morgan fingerprint density at radius 1 is 1.44 bits per heavy atom. The Morgan fingerprint density at radius 3 is 2.67 bits per heavy atom. The van der Waals surface area contributed by atoms with Crippen molar-refractivity contribution >= 4 is 5.91 Å². The van der Waals surface area contributed by atoms with Crippen LogP contribution in [0.3, 0.4) is 0 Å². The molecule has 2 bridgehead atoms. The SMILES string of the molecule is CN(C(=O)c1nccn1C)C1CC2CCC(C1)N2. The molecule has 2 aliphatic rings. The van der Waals surface area contributed by atoms with E-state index in [9.17, 15) is 4.79 Å². The summed E-state index contributed by atoms with van der Waals surface area (Å²) >= 11 is 0. The van der Waals surface area contributed by atoms with Crippen LogP contribution in [0.1, 0.15) is 36.3 Å². The molecule has 1 aromatic heterocycles. The van der Waals surface area contributed by atoms with Gasteiger partial charge in [-0.25, -0.2) is 4.98 Å². The molecule has 0 radical (unpaired) electrons. The molecule has 0 aromatic carbocycles. The molecular weight excluding hydrogens is 228 g/mol. The molecule has 5 nitrogen and oxygen atoms in total. The molecule has 98 valence electrons. The van der Waals surface area contributed by atoms with Crippen LogP contribution in [-0.2, 0) is 7.05 Å². The van der Waals surface area contributed by atoms with E-state index in [1.807, 2.05) is 25.2 Å². The Balaban J connectivity index is 1.73. The minimum absolute atomic E-state index is 0.0359. The maximum atomic E-state index is 12.4. The van der Waals surface area contributed by atoms with Crippen LogP contribution in [0.4, 0.5) is 0 Å². The highest BCUT2D eigenvalue weighted by atomic mass is 16.2. The average Bonchev–Trinajstić information content (AvgIpc) is 2.93. The summed E-state index contributed by atoms with van der Waals surface area (Å²) in [7, 11) is 3.77. The molecular formula is C13H20N4O. The Morgan fingerprint density at radius 2 is 2.11 bits per heavy atom. The molecule has 1 aromatic rings. The van der Waals surface area contributed by atoms with Crippen molar-refractivity contribution in [2.45, 2.75) is 43.8 Å². The van der Waals surface area contributed by atoms with E-state index < -0.39 is 0 Å². The van der Waals surface area contributed by atoms with Crippen molar-refractivity contribution in [2.75, 3.05) is 7.05 Å². The van der Waals surface area contributed by atoms with Crippen molar-refractivity contribution < 1.29 is 4.79 Å². The lowest BCUT2D eigenvalue weighted by Crippen LogP contribution is -2.49. The lowest BCUT2D eigenvalue weighted by molar-refractivity contribution is 0.0665. The average molecular weight is 248 g/mol. The van der Waals surface area contributed by atoms with Gasteiger partial charge in [-0.2, -0.15) is 0 Å². The highest BCUT2D eigenvalue weighted by Crippen LogP contribution is 2.29. The number of aryl methyl sites for hydroxylation is 1. The smallest absolute Gasteiger partial charge is 0.289 e.